The van der Waals surface area contributed by atoms with E-state index in [1.165, 1.54) is 25.1 Å². The van der Waals surface area contributed by atoms with Gasteiger partial charge >= 0.3 is 0 Å². The zero-order valence-corrected chi connectivity index (χ0v) is 11.1. The highest BCUT2D eigenvalue weighted by Crippen LogP contribution is 2.24. The van der Waals surface area contributed by atoms with Crippen LogP contribution in [0.1, 0.15) is 19.3 Å². The van der Waals surface area contributed by atoms with Gasteiger partial charge in [0, 0.05) is 25.7 Å². The number of rotatable bonds is 2. The van der Waals surface area contributed by atoms with Crippen molar-refractivity contribution in [1.29, 1.82) is 0 Å². The summed E-state index contributed by atoms with van der Waals surface area (Å²) in [5.41, 5.74) is 0. The number of aromatic amines is 1. The lowest BCUT2D eigenvalue weighted by Gasteiger charge is -2.43. The number of H-pyrrole nitrogens is 1. The summed E-state index contributed by atoms with van der Waals surface area (Å²) in [5, 5.41) is 6.48. The van der Waals surface area contributed by atoms with Gasteiger partial charge < -0.3 is 0 Å². The maximum absolute atomic E-state index is 12.4. The molecule has 0 spiro atoms. The lowest BCUT2D eigenvalue weighted by Crippen LogP contribution is -2.56. The molecule has 1 unspecified atom stereocenters. The molecule has 3 rings (SSSR count). The summed E-state index contributed by atoms with van der Waals surface area (Å²) < 4.78 is 26.3. The number of nitrogens with zero attached hydrogens (tertiary/aromatic N) is 3. The number of sulfonamides is 1. The van der Waals surface area contributed by atoms with Gasteiger partial charge in [-0.2, -0.15) is 9.40 Å². The van der Waals surface area contributed by atoms with Crippen molar-refractivity contribution in [2.75, 3.05) is 26.2 Å². The quantitative estimate of drug-likeness (QED) is 0.837. The first-order valence-electron chi connectivity index (χ1n) is 6.41. The van der Waals surface area contributed by atoms with E-state index < -0.39 is 10.0 Å². The first-order valence-corrected chi connectivity index (χ1v) is 7.85. The summed E-state index contributed by atoms with van der Waals surface area (Å²) in [4.78, 5) is 2.42. The first kappa shape index (κ1) is 12.1. The van der Waals surface area contributed by atoms with Gasteiger partial charge in [0.15, 0.2) is 5.03 Å². The lowest BCUT2D eigenvalue weighted by molar-refractivity contribution is 0.0850. The molecule has 18 heavy (non-hydrogen) atoms. The van der Waals surface area contributed by atoms with Gasteiger partial charge in [-0.25, -0.2) is 8.42 Å². The first-order chi connectivity index (χ1) is 8.68. The Morgan fingerprint density at radius 3 is 2.94 bits per heavy atom. The minimum Gasteiger partial charge on any atom is -0.298 e. The molecule has 3 heterocycles. The summed E-state index contributed by atoms with van der Waals surface area (Å²) in [5.74, 6) is 0. The molecule has 1 atom stereocenters. The highest BCUT2D eigenvalue weighted by molar-refractivity contribution is 7.89. The van der Waals surface area contributed by atoms with Gasteiger partial charge in [-0.1, -0.05) is 6.42 Å². The predicted octanol–water partition coefficient (Wildman–Crippen LogP) is 0.268. The van der Waals surface area contributed by atoms with Gasteiger partial charge in [0.1, 0.15) is 0 Å². The lowest BCUT2D eigenvalue weighted by atomic mass is 10.0. The number of fused-ring (bicyclic) bond motifs is 1. The van der Waals surface area contributed by atoms with E-state index in [2.05, 4.69) is 15.1 Å². The Balaban J connectivity index is 1.78. The monoisotopic (exact) mass is 270 g/mol. The minimum atomic E-state index is -3.38. The summed E-state index contributed by atoms with van der Waals surface area (Å²) in [7, 11) is -3.38. The Morgan fingerprint density at radius 1 is 1.28 bits per heavy atom. The molecule has 0 amide bonds. The van der Waals surface area contributed by atoms with E-state index in [1.54, 1.807) is 4.31 Å². The third-order valence-corrected chi connectivity index (χ3v) is 5.69. The van der Waals surface area contributed by atoms with Crippen LogP contribution in [0, 0.1) is 0 Å². The molecule has 0 aliphatic carbocycles. The Hall–Kier alpha value is -0.920. The van der Waals surface area contributed by atoms with E-state index in [9.17, 15) is 8.42 Å². The molecule has 2 saturated heterocycles. The van der Waals surface area contributed by atoms with Gasteiger partial charge in [0.2, 0.25) is 0 Å². The van der Waals surface area contributed by atoms with Crippen LogP contribution in [-0.2, 0) is 10.0 Å². The standard InChI is InChI=1S/C11H18N4O2S/c16-18(17,11-4-5-12-13-11)15-8-7-14-6-2-1-3-10(14)9-15/h4-5,10H,1-3,6-9H2,(H,12,13). The second-order valence-electron chi connectivity index (χ2n) is 4.97. The van der Waals surface area contributed by atoms with E-state index in [4.69, 9.17) is 0 Å². The number of hydrogen-bond acceptors (Lipinski definition) is 4. The van der Waals surface area contributed by atoms with E-state index in [0.717, 1.165) is 19.5 Å². The van der Waals surface area contributed by atoms with Gasteiger partial charge in [-0.3, -0.25) is 10.00 Å². The molecule has 1 aromatic rings. The normalized spacial score (nSPS) is 27.0. The molecular weight excluding hydrogens is 252 g/mol. The summed E-state index contributed by atoms with van der Waals surface area (Å²) >= 11 is 0. The van der Waals surface area contributed by atoms with E-state index in [1.807, 2.05) is 0 Å². The summed E-state index contributed by atoms with van der Waals surface area (Å²) in [6, 6.07) is 1.91. The maximum atomic E-state index is 12.4. The number of hydrogen-bond donors (Lipinski definition) is 1. The fourth-order valence-corrected chi connectivity index (χ4v) is 4.24. The fraction of sp³-hybridized carbons (Fsp3) is 0.727. The van der Waals surface area contributed by atoms with Crippen LogP contribution in [-0.4, -0.2) is 60.0 Å². The van der Waals surface area contributed by atoms with Gasteiger partial charge in [-0.15, -0.1) is 0 Å². The zero-order chi connectivity index (χ0) is 12.6. The smallest absolute Gasteiger partial charge is 0.260 e. The Labute approximate surface area is 107 Å². The predicted molar refractivity (Wildman–Crippen MR) is 66.6 cm³/mol. The molecule has 1 aromatic heterocycles. The van der Waals surface area contributed by atoms with E-state index in [0.29, 0.717) is 19.1 Å². The van der Waals surface area contributed by atoms with Crippen LogP contribution in [0.3, 0.4) is 0 Å². The largest absolute Gasteiger partial charge is 0.298 e. The highest BCUT2D eigenvalue weighted by Gasteiger charge is 2.35. The van der Waals surface area contributed by atoms with Gasteiger partial charge in [-0.05, 0) is 25.5 Å². The molecule has 2 aliphatic rings. The van der Waals surface area contributed by atoms with Crippen LogP contribution in [0.2, 0.25) is 0 Å². The van der Waals surface area contributed by atoms with Crippen LogP contribution in [0.4, 0.5) is 0 Å². The number of aromatic nitrogens is 2. The van der Waals surface area contributed by atoms with Gasteiger partial charge in [0.25, 0.3) is 10.0 Å². The third kappa shape index (κ3) is 2.06. The molecule has 7 heteroatoms. The van der Waals surface area contributed by atoms with Gasteiger partial charge in [0.05, 0.1) is 6.20 Å². The third-order valence-electron chi connectivity index (χ3n) is 3.89. The van der Waals surface area contributed by atoms with Crippen molar-refractivity contribution < 1.29 is 8.42 Å². The topological polar surface area (TPSA) is 69.3 Å². The van der Waals surface area contributed by atoms with Crippen molar-refractivity contribution in [3.63, 3.8) is 0 Å². The summed E-state index contributed by atoms with van der Waals surface area (Å²) in [6.07, 6.45) is 5.03. The molecule has 0 bridgehead atoms. The maximum Gasteiger partial charge on any atom is 0.260 e. The molecule has 6 nitrogen and oxygen atoms in total. The van der Waals surface area contributed by atoms with Crippen LogP contribution in [0.15, 0.2) is 17.3 Å². The Morgan fingerprint density at radius 2 is 2.17 bits per heavy atom. The van der Waals surface area contributed by atoms with Crippen molar-refractivity contribution >= 4 is 10.0 Å². The SMILES string of the molecule is O=S(=O)(c1ccn[nH]1)N1CCN2CCCCC2C1. The minimum absolute atomic E-state index is 0.201. The number of piperazine rings is 1. The van der Waals surface area contributed by atoms with E-state index in [-0.39, 0.29) is 5.03 Å². The van der Waals surface area contributed by atoms with Crippen molar-refractivity contribution in [3.05, 3.63) is 12.3 Å². The molecule has 2 fully saturated rings. The second kappa shape index (κ2) is 4.64. The van der Waals surface area contributed by atoms with Crippen LogP contribution >= 0.6 is 0 Å². The molecule has 2 aliphatic heterocycles. The van der Waals surface area contributed by atoms with Crippen molar-refractivity contribution in [1.82, 2.24) is 19.4 Å². The molecule has 100 valence electrons. The Bertz CT molecular complexity index is 499. The second-order valence-corrected chi connectivity index (χ2v) is 6.88. The Kier molecular flexibility index (Phi) is 3.13. The van der Waals surface area contributed by atoms with Crippen LogP contribution in [0.5, 0.6) is 0 Å². The average Bonchev–Trinajstić information content (AvgIpc) is 2.92. The average molecular weight is 270 g/mol. The number of piperidine rings is 1. The van der Waals surface area contributed by atoms with Crippen molar-refractivity contribution in [2.24, 2.45) is 0 Å². The van der Waals surface area contributed by atoms with Crippen molar-refractivity contribution in [3.8, 4) is 0 Å². The molecule has 0 saturated carbocycles. The number of nitrogens with one attached hydrogen (secondary N) is 1. The fourth-order valence-electron chi connectivity index (χ4n) is 2.87. The highest BCUT2D eigenvalue weighted by atomic mass is 32.2. The molecule has 1 N–H and O–H groups in total. The van der Waals surface area contributed by atoms with E-state index >= 15 is 0 Å². The summed E-state index contributed by atoms with van der Waals surface area (Å²) in [6.45, 7) is 3.15. The molecule has 0 aromatic carbocycles. The van der Waals surface area contributed by atoms with Crippen LogP contribution < -0.4 is 0 Å². The zero-order valence-electron chi connectivity index (χ0n) is 10.2. The van der Waals surface area contributed by atoms with Crippen LogP contribution in [0.25, 0.3) is 0 Å². The molecule has 0 radical (unpaired) electrons. The molecular formula is C11H18N4O2S. The van der Waals surface area contributed by atoms with Crippen molar-refractivity contribution in [2.45, 2.75) is 30.3 Å².